The van der Waals surface area contributed by atoms with Crippen molar-refractivity contribution < 1.29 is 5.11 Å². The lowest BCUT2D eigenvalue weighted by molar-refractivity contribution is 0.155. The van der Waals surface area contributed by atoms with Crippen LogP contribution in [0.25, 0.3) is 0 Å². The van der Waals surface area contributed by atoms with Crippen LogP contribution in [0.2, 0.25) is 0 Å². The third-order valence-corrected chi connectivity index (χ3v) is 7.12. The average molecular weight is 291 g/mol. The Bertz CT molecular complexity index is 199. The predicted octanol–water partition coefficient (Wildman–Crippen LogP) is 4.73. The number of unbranched alkanes of at least 4 members (excludes halogenated alkanes) is 5. The minimum Gasteiger partial charge on any atom is -0.392 e. The average Bonchev–Trinajstić information content (AvgIpc) is 2.42. The summed E-state index contributed by atoms with van der Waals surface area (Å²) in [5, 5.41) is 11.5. The van der Waals surface area contributed by atoms with Crippen LogP contribution in [0.5, 0.6) is 0 Å². The first-order valence-corrected chi connectivity index (χ1v) is 9.80. The van der Waals surface area contributed by atoms with Crippen LogP contribution in [0, 0.1) is 0 Å². The van der Waals surface area contributed by atoms with Gasteiger partial charge in [0, 0.05) is 22.0 Å². The van der Waals surface area contributed by atoms with Crippen molar-refractivity contribution in [3.8, 4) is 0 Å². The quantitative estimate of drug-likeness (QED) is 0.620. The molecule has 0 aliphatic carbocycles. The number of rotatable bonds is 9. The molecule has 1 N–H and O–H groups in total. The summed E-state index contributed by atoms with van der Waals surface area (Å²) in [4.78, 5) is 0. The molecule has 1 heterocycles. The van der Waals surface area contributed by atoms with E-state index in [1.54, 1.807) is 0 Å². The third kappa shape index (κ3) is 6.21. The summed E-state index contributed by atoms with van der Waals surface area (Å²) in [6.45, 7) is 4.51. The molecule has 18 heavy (non-hydrogen) atoms. The molecule has 3 atom stereocenters. The summed E-state index contributed by atoms with van der Waals surface area (Å²) in [5.41, 5.74) is 0. The van der Waals surface area contributed by atoms with Crippen LogP contribution in [-0.4, -0.2) is 33.2 Å². The molecule has 0 spiro atoms. The second-order valence-corrected chi connectivity index (χ2v) is 7.91. The number of hydrogen-bond acceptors (Lipinski definition) is 3. The first-order chi connectivity index (χ1) is 8.79. The Balaban J connectivity index is 2.12. The van der Waals surface area contributed by atoms with Crippen LogP contribution >= 0.6 is 23.5 Å². The minimum atomic E-state index is -0.0704. The molecule has 1 aliphatic rings. The summed E-state index contributed by atoms with van der Waals surface area (Å²) >= 11 is 4.07. The van der Waals surface area contributed by atoms with E-state index in [4.69, 9.17) is 0 Å². The lowest BCUT2D eigenvalue weighted by Crippen LogP contribution is -2.36. The molecule has 0 amide bonds. The van der Waals surface area contributed by atoms with Gasteiger partial charge in [0.2, 0.25) is 0 Å². The summed E-state index contributed by atoms with van der Waals surface area (Å²) < 4.78 is 0. The highest BCUT2D eigenvalue weighted by Gasteiger charge is 2.30. The van der Waals surface area contributed by atoms with Crippen LogP contribution in [0.4, 0.5) is 0 Å². The number of hydrogen-bond donors (Lipinski definition) is 1. The highest BCUT2D eigenvalue weighted by Crippen LogP contribution is 2.36. The number of aliphatic hydroxyl groups excluding tert-OH is 1. The van der Waals surface area contributed by atoms with E-state index in [2.05, 4.69) is 25.6 Å². The van der Waals surface area contributed by atoms with E-state index < -0.39 is 0 Å². The van der Waals surface area contributed by atoms with E-state index in [-0.39, 0.29) is 6.10 Å². The molecule has 1 saturated heterocycles. The molecule has 108 valence electrons. The van der Waals surface area contributed by atoms with Crippen LogP contribution < -0.4 is 0 Å². The minimum absolute atomic E-state index is 0.0704. The van der Waals surface area contributed by atoms with Crippen LogP contribution in [0.1, 0.15) is 65.2 Å². The fourth-order valence-corrected chi connectivity index (χ4v) is 5.78. The summed E-state index contributed by atoms with van der Waals surface area (Å²) in [7, 11) is 0. The summed E-state index contributed by atoms with van der Waals surface area (Å²) in [6.07, 6.45) is 10.1. The van der Waals surface area contributed by atoms with Crippen molar-refractivity contribution in [3.63, 3.8) is 0 Å². The van der Waals surface area contributed by atoms with Crippen molar-refractivity contribution in [2.45, 2.75) is 81.8 Å². The SMILES string of the molecule is CCCCCCCCC(O)C1SCCSC1CC. The molecular formula is C15H30OS2. The zero-order valence-electron chi connectivity index (χ0n) is 12.1. The highest BCUT2D eigenvalue weighted by molar-refractivity contribution is 8.07. The van der Waals surface area contributed by atoms with Crippen molar-refractivity contribution in [3.05, 3.63) is 0 Å². The maximum Gasteiger partial charge on any atom is 0.0669 e. The van der Waals surface area contributed by atoms with Gasteiger partial charge in [-0.2, -0.15) is 23.5 Å². The summed E-state index contributed by atoms with van der Waals surface area (Å²) in [6, 6.07) is 0. The van der Waals surface area contributed by atoms with Gasteiger partial charge in [-0.05, 0) is 12.8 Å². The van der Waals surface area contributed by atoms with Crippen LogP contribution in [-0.2, 0) is 0 Å². The van der Waals surface area contributed by atoms with Crippen molar-refractivity contribution in [1.82, 2.24) is 0 Å². The Hall–Kier alpha value is 0.660. The first-order valence-electron chi connectivity index (χ1n) is 7.70. The zero-order chi connectivity index (χ0) is 13.2. The number of aliphatic hydroxyl groups is 1. The Morgan fingerprint density at radius 1 is 1.00 bits per heavy atom. The van der Waals surface area contributed by atoms with E-state index >= 15 is 0 Å². The Morgan fingerprint density at radius 2 is 1.67 bits per heavy atom. The smallest absolute Gasteiger partial charge is 0.0669 e. The molecule has 0 bridgehead atoms. The Morgan fingerprint density at radius 3 is 2.39 bits per heavy atom. The van der Waals surface area contributed by atoms with E-state index in [9.17, 15) is 5.11 Å². The molecule has 0 aromatic carbocycles. The lowest BCUT2D eigenvalue weighted by atomic mass is 10.0. The van der Waals surface area contributed by atoms with Gasteiger partial charge in [0.05, 0.1) is 6.10 Å². The maximum atomic E-state index is 10.3. The molecule has 0 saturated carbocycles. The molecule has 1 rings (SSSR count). The molecule has 0 radical (unpaired) electrons. The molecule has 1 nitrogen and oxygen atoms in total. The van der Waals surface area contributed by atoms with Crippen molar-refractivity contribution in [2.24, 2.45) is 0 Å². The van der Waals surface area contributed by atoms with Crippen molar-refractivity contribution in [2.75, 3.05) is 11.5 Å². The van der Waals surface area contributed by atoms with E-state index in [0.717, 1.165) is 6.42 Å². The first kappa shape index (κ1) is 16.7. The van der Waals surface area contributed by atoms with Gasteiger partial charge < -0.3 is 5.11 Å². The van der Waals surface area contributed by atoms with Gasteiger partial charge in [-0.3, -0.25) is 0 Å². The van der Waals surface area contributed by atoms with Gasteiger partial charge in [-0.25, -0.2) is 0 Å². The normalized spacial score (nSPS) is 26.2. The van der Waals surface area contributed by atoms with Gasteiger partial charge in [0.1, 0.15) is 0 Å². The molecule has 0 aromatic rings. The monoisotopic (exact) mass is 290 g/mol. The van der Waals surface area contributed by atoms with Crippen LogP contribution in [0.15, 0.2) is 0 Å². The molecule has 0 aromatic heterocycles. The maximum absolute atomic E-state index is 10.3. The van der Waals surface area contributed by atoms with Crippen LogP contribution in [0.3, 0.4) is 0 Å². The van der Waals surface area contributed by atoms with Crippen molar-refractivity contribution in [1.29, 1.82) is 0 Å². The topological polar surface area (TPSA) is 20.2 Å². The molecule has 3 heteroatoms. The van der Waals surface area contributed by atoms with Gasteiger partial charge in [0.15, 0.2) is 0 Å². The largest absolute Gasteiger partial charge is 0.392 e. The second-order valence-electron chi connectivity index (χ2n) is 5.28. The van der Waals surface area contributed by atoms with Gasteiger partial charge in [0.25, 0.3) is 0 Å². The third-order valence-electron chi connectivity index (χ3n) is 3.73. The second kappa shape index (κ2) is 10.4. The van der Waals surface area contributed by atoms with Gasteiger partial charge in [-0.15, -0.1) is 0 Å². The Kier molecular flexibility index (Phi) is 9.70. The van der Waals surface area contributed by atoms with E-state index in [1.165, 1.54) is 56.5 Å². The van der Waals surface area contributed by atoms with E-state index in [1.807, 2.05) is 11.8 Å². The molecule has 1 fully saturated rings. The molecule has 1 aliphatic heterocycles. The molecule has 3 unspecified atom stereocenters. The number of thioether (sulfide) groups is 2. The molecular weight excluding hydrogens is 260 g/mol. The zero-order valence-corrected chi connectivity index (χ0v) is 13.7. The van der Waals surface area contributed by atoms with Crippen molar-refractivity contribution >= 4 is 23.5 Å². The fourth-order valence-electron chi connectivity index (χ4n) is 2.59. The predicted molar refractivity (Wildman–Crippen MR) is 86.8 cm³/mol. The highest BCUT2D eigenvalue weighted by atomic mass is 32.2. The Labute approximate surface area is 122 Å². The van der Waals surface area contributed by atoms with E-state index in [0.29, 0.717) is 10.5 Å². The fraction of sp³-hybridized carbons (Fsp3) is 1.00. The summed E-state index contributed by atoms with van der Waals surface area (Å²) in [5.74, 6) is 2.49. The lowest BCUT2D eigenvalue weighted by Gasteiger charge is -2.33. The van der Waals surface area contributed by atoms with Gasteiger partial charge in [-0.1, -0.05) is 52.4 Å². The van der Waals surface area contributed by atoms with Gasteiger partial charge >= 0.3 is 0 Å². The standard InChI is InChI=1S/C15H30OS2/c1-3-5-6-7-8-9-10-13(16)15-14(4-2)17-11-12-18-15/h13-16H,3-12H2,1-2H3.